The minimum atomic E-state index is -4.61. The summed E-state index contributed by atoms with van der Waals surface area (Å²) in [6.07, 6.45) is -4.94. The van der Waals surface area contributed by atoms with E-state index in [4.69, 9.17) is 9.63 Å². The van der Waals surface area contributed by atoms with Crippen molar-refractivity contribution < 1.29 is 32.4 Å². The number of anilines is 1. The highest BCUT2D eigenvalue weighted by molar-refractivity contribution is 5.93. The molecule has 0 aliphatic rings. The summed E-state index contributed by atoms with van der Waals surface area (Å²) in [5.41, 5.74) is -1.08. The molecule has 0 saturated carbocycles. The van der Waals surface area contributed by atoms with Crippen molar-refractivity contribution >= 4 is 17.7 Å². The van der Waals surface area contributed by atoms with E-state index in [-0.39, 0.29) is 35.9 Å². The summed E-state index contributed by atoms with van der Waals surface area (Å²) < 4.78 is 43.6. The lowest BCUT2D eigenvalue weighted by atomic mass is 10.1. The number of carbonyl (C=O) groups excluding carboxylic acids is 1. The minimum absolute atomic E-state index is 0.0629. The predicted molar refractivity (Wildman–Crippen MR) is 78.7 cm³/mol. The average molecular weight is 358 g/mol. The number of nitrogens with one attached hydrogen (secondary N) is 2. The van der Waals surface area contributed by atoms with Crippen LogP contribution in [0.15, 0.2) is 22.7 Å². The molecule has 0 aliphatic carbocycles. The van der Waals surface area contributed by atoms with Crippen molar-refractivity contribution in [2.24, 2.45) is 0 Å². The zero-order valence-electron chi connectivity index (χ0n) is 12.8. The van der Waals surface area contributed by atoms with Gasteiger partial charge in [-0.3, -0.25) is 4.79 Å². The maximum atomic E-state index is 12.9. The molecule has 25 heavy (non-hydrogen) atoms. The van der Waals surface area contributed by atoms with Crippen molar-refractivity contribution in [2.75, 3.05) is 11.9 Å². The second kappa shape index (κ2) is 7.20. The lowest BCUT2D eigenvalue weighted by Gasteiger charge is -2.13. The Hall–Kier alpha value is -3.11. The second-order valence-electron chi connectivity index (χ2n) is 4.93. The molecule has 2 rings (SSSR count). The minimum Gasteiger partial charge on any atom is -0.481 e. The number of benzene rings is 1. The summed E-state index contributed by atoms with van der Waals surface area (Å²) >= 11 is 0. The largest absolute Gasteiger partial charge is 0.481 e. The monoisotopic (exact) mass is 358 g/mol. The number of carboxylic acid groups (broad SMARTS) is 1. The molecule has 11 heteroatoms. The number of urea groups is 1. The number of amides is 2. The fraction of sp³-hybridized carbons (Fsp3) is 0.286. The van der Waals surface area contributed by atoms with E-state index in [0.29, 0.717) is 0 Å². The van der Waals surface area contributed by atoms with Gasteiger partial charge in [-0.1, -0.05) is 5.16 Å². The summed E-state index contributed by atoms with van der Waals surface area (Å²) in [5, 5.41) is 16.5. The van der Waals surface area contributed by atoms with Gasteiger partial charge in [0.2, 0.25) is 0 Å². The first-order chi connectivity index (χ1) is 11.7. The fourth-order valence-electron chi connectivity index (χ4n) is 1.87. The van der Waals surface area contributed by atoms with Crippen LogP contribution in [0.4, 0.5) is 23.7 Å². The van der Waals surface area contributed by atoms with Crippen molar-refractivity contribution in [3.05, 3.63) is 29.6 Å². The van der Waals surface area contributed by atoms with Gasteiger partial charge in [-0.25, -0.2) is 4.79 Å². The topological polar surface area (TPSA) is 117 Å². The van der Waals surface area contributed by atoms with Gasteiger partial charge in [-0.05, 0) is 25.1 Å². The molecule has 0 unspecified atom stereocenters. The Kier molecular flexibility index (Phi) is 5.25. The molecule has 2 amide bonds. The van der Waals surface area contributed by atoms with E-state index in [0.717, 1.165) is 18.2 Å². The van der Waals surface area contributed by atoms with Crippen LogP contribution in [0.25, 0.3) is 11.5 Å². The van der Waals surface area contributed by atoms with Gasteiger partial charge in [0, 0.05) is 6.54 Å². The SMILES string of the molecule is Cc1noc(-c2ccc(C(F)(F)F)cc2NC(=O)NCCC(=O)O)n1. The molecule has 1 aromatic carbocycles. The van der Waals surface area contributed by atoms with Crippen LogP contribution in [0.2, 0.25) is 0 Å². The molecule has 2 aromatic rings. The molecular formula is C14H13F3N4O4. The molecule has 0 spiro atoms. The highest BCUT2D eigenvalue weighted by Gasteiger charge is 2.31. The maximum absolute atomic E-state index is 12.9. The molecule has 134 valence electrons. The normalized spacial score (nSPS) is 11.2. The average Bonchev–Trinajstić information content (AvgIpc) is 2.92. The Morgan fingerprint density at radius 2 is 2.04 bits per heavy atom. The second-order valence-corrected chi connectivity index (χ2v) is 4.93. The summed E-state index contributed by atoms with van der Waals surface area (Å²) in [6, 6.07) is 1.79. The van der Waals surface area contributed by atoms with Crippen LogP contribution in [-0.2, 0) is 11.0 Å². The Balaban J connectivity index is 2.28. The summed E-state index contributed by atoms with van der Waals surface area (Å²) in [4.78, 5) is 26.1. The van der Waals surface area contributed by atoms with E-state index in [1.54, 1.807) is 0 Å². The number of halogens is 3. The summed E-state index contributed by atoms with van der Waals surface area (Å²) in [6.45, 7) is 1.35. The van der Waals surface area contributed by atoms with Crippen LogP contribution in [0.5, 0.6) is 0 Å². The zero-order valence-corrected chi connectivity index (χ0v) is 12.8. The Bertz CT molecular complexity index is 789. The van der Waals surface area contributed by atoms with Gasteiger partial charge in [0.25, 0.3) is 5.89 Å². The lowest BCUT2D eigenvalue weighted by molar-refractivity contribution is -0.138. The number of nitrogens with zero attached hydrogens (tertiary/aromatic N) is 2. The van der Waals surface area contributed by atoms with E-state index >= 15 is 0 Å². The van der Waals surface area contributed by atoms with Gasteiger partial charge in [-0.15, -0.1) is 0 Å². The van der Waals surface area contributed by atoms with Crippen molar-refractivity contribution in [1.29, 1.82) is 0 Å². The maximum Gasteiger partial charge on any atom is 0.416 e. The Morgan fingerprint density at radius 1 is 1.32 bits per heavy atom. The van der Waals surface area contributed by atoms with Crippen molar-refractivity contribution in [3.8, 4) is 11.5 Å². The van der Waals surface area contributed by atoms with Gasteiger partial charge < -0.3 is 20.3 Å². The van der Waals surface area contributed by atoms with Crippen LogP contribution in [0.3, 0.4) is 0 Å². The number of alkyl halides is 3. The molecule has 0 radical (unpaired) electrons. The quantitative estimate of drug-likeness (QED) is 0.756. The molecule has 0 fully saturated rings. The van der Waals surface area contributed by atoms with Gasteiger partial charge >= 0.3 is 18.2 Å². The van der Waals surface area contributed by atoms with E-state index < -0.39 is 23.7 Å². The van der Waals surface area contributed by atoms with Crippen LogP contribution in [-0.4, -0.2) is 33.8 Å². The molecule has 0 atom stereocenters. The first kappa shape index (κ1) is 18.2. The van der Waals surface area contributed by atoms with Crippen molar-refractivity contribution in [3.63, 3.8) is 0 Å². The van der Waals surface area contributed by atoms with E-state index in [9.17, 15) is 22.8 Å². The van der Waals surface area contributed by atoms with Crippen molar-refractivity contribution in [1.82, 2.24) is 15.5 Å². The first-order valence-electron chi connectivity index (χ1n) is 6.95. The number of carboxylic acids is 1. The number of hydrogen-bond donors (Lipinski definition) is 3. The third-order valence-corrected chi connectivity index (χ3v) is 2.98. The number of aliphatic carboxylic acids is 1. The third kappa shape index (κ3) is 4.93. The van der Waals surface area contributed by atoms with E-state index in [1.807, 2.05) is 0 Å². The summed E-state index contributed by atoms with van der Waals surface area (Å²) in [7, 11) is 0. The highest BCUT2D eigenvalue weighted by Crippen LogP contribution is 2.35. The third-order valence-electron chi connectivity index (χ3n) is 2.98. The van der Waals surface area contributed by atoms with E-state index in [1.165, 1.54) is 6.92 Å². The van der Waals surface area contributed by atoms with Gasteiger partial charge in [-0.2, -0.15) is 18.2 Å². The van der Waals surface area contributed by atoms with Crippen LogP contribution in [0, 0.1) is 6.92 Å². The molecule has 8 nitrogen and oxygen atoms in total. The number of hydrogen-bond acceptors (Lipinski definition) is 5. The van der Waals surface area contributed by atoms with Crippen LogP contribution in [0.1, 0.15) is 17.8 Å². The van der Waals surface area contributed by atoms with Crippen LogP contribution >= 0.6 is 0 Å². The molecule has 3 N–H and O–H groups in total. The number of aryl methyl sites for hydroxylation is 1. The zero-order chi connectivity index (χ0) is 18.6. The van der Waals surface area contributed by atoms with Gasteiger partial charge in [0.1, 0.15) is 0 Å². The molecule has 0 aliphatic heterocycles. The Morgan fingerprint density at radius 3 is 2.60 bits per heavy atom. The highest BCUT2D eigenvalue weighted by atomic mass is 19.4. The first-order valence-corrected chi connectivity index (χ1v) is 6.95. The standard InChI is InChI=1S/C14H13F3N4O4/c1-7-19-12(25-21-7)9-3-2-8(14(15,16)17)6-10(9)20-13(24)18-5-4-11(22)23/h2-3,6H,4-5H2,1H3,(H,22,23)(H2,18,20,24). The lowest BCUT2D eigenvalue weighted by Crippen LogP contribution is -2.30. The summed E-state index contributed by atoms with van der Waals surface area (Å²) in [5.74, 6) is -0.916. The molecular weight excluding hydrogens is 345 g/mol. The van der Waals surface area contributed by atoms with Crippen LogP contribution < -0.4 is 10.6 Å². The molecule has 0 bridgehead atoms. The smallest absolute Gasteiger partial charge is 0.416 e. The molecule has 1 heterocycles. The number of aromatic nitrogens is 2. The number of rotatable bonds is 5. The fourth-order valence-corrected chi connectivity index (χ4v) is 1.87. The van der Waals surface area contributed by atoms with Crippen molar-refractivity contribution in [2.45, 2.75) is 19.5 Å². The van der Waals surface area contributed by atoms with Gasteiger partial charge in [0.15, 0.2) is 5.82 Å². The van der Waals surface area contributed by atoms with E-state index in [2.05, 4.69) is 20.8 Å². The van der Waals surface area contributed by atoms with Gasteiger partial charge in [0.05, 0.1) is 23.2 Å². The molecule has 0 saturated heterocycles. The predicted octanol–water partition coefficient (Wildman–Crippen LogP) is 2.66. The number of carbonyl (C=O) groups is 2. The Labute approximate surface area is 139 Å². The molecule has 1 aromatic heterocycles.